The van der Waals surface area contributed by atoms with Gasteiger partial charge in [-0.05, 0) is 43.2 Å². The van der Waals surface area contributed by atoms with Crippen molar-refractivity contribution in [2.75, 3.05) is 6.61 Å². The summed E-state index contributed by atoms with van der Waals surface area (Å²) < 4.78 is 7.18. The van der Waals surface area contributed by atoms with E-state index in [1.165, 1.54) is 28.0 Å². The first-order chi connectivity index (χ1) is 15.4. The summed E-state index contributed by atoms with van der Waals surface area (Å²) in [4.78, 5) is 41.6. The van der Waals surface area contributed by atoms with Crippen LogP contribution in [-0.4, -0.2) is 22.1 Å². The van der Waals surface area contributed by atoms with Gasteiger partial charge in [-0.2, -0.15) is 0 Å². The van der Waals surface area contributed by atoms with Crippen LogP contribution < -0.4 is 14.9 Å². The van der Waals surface area contributed by atoms with Gasteiger partial charge in [-0.3, -0.25) is 19.5 Å². The Labute approximate surface area is 186 Å². The van der Waals surface area contributed by atoms with E-state index in [0.29, 0.717) is 26.2 Å². The zero-order valence-corrected chi connectivity index (χ0v) is 18.2. The zero-order valence-electron chi connectivity index (χ0n) is 17.3. The lowest BCUT2D eigenvalue weighted by Gasteiger charge is -2.24. The predicted octanol–water partition coefficient (Wildman–Crippen LogP) is 2.71. The van der Waals surface area contributed by atoms with Gasteiger partial charge in [-0.1, -0.05) is 41.7 Å². The van der Waals surface area contributed by atoms with Gasteiger partial charge >= 0.3 is 5.97 Å². The molecule has 9 heteroatoms. The Morgan fingerprint density at radius 3 is 2.53 bits per heavy atom. The van der Waals surface area contributed by atoms with E-state index in [-0.39, 0.29) is 17.9 Å². The summed E-state index contributed by atoms with van der Waals surface area (Å²) in [6.07, 6.45) is 1.67. The third kappa shape index (κ3) is 3.90. The topological polar surface area (TPSA) is 104 Å². The van der Waals surface area contributed by atoms with Crippen LogP contribution in [0.1, 0.15) is 31.0 Å². The van der Waals surface area contributed by atoms with Crippen LogP contribution in [-0.2, 0) is 9.53 Å². The van der Waals surface area contributed by atoms with E-state index in [2.05, 4.69) is 4.99 Å². The molecule has 1 unspecified atom stereocenters. The molecule has 0 saturated carbocycles. The van der Waals surface area contributed by atoms with Crippen molar-refractivity contribution < 1.29 is 14.5 Å². The lowest BCUT2D eigenvalue weighted by Crippen LogP contribution is -2.39. The molecule has 0 amide bonds. The van der Waals surface area contributed by atoms with Crippen LogP contribution in [0.4, 0.5) is 5.69 Å². The maximum atomic E-state index is 13.4. The number of rotatable bonds is 5. The smallest absolute Gasteiger partial charge is 0.338 e. The molecule has 0 bridgehead atoms. The fourth-order valence-electron chi connectivity index (χ4n) is 3.59. The van der Waals surface area contributed by atoms with Gasteiger partial charge in [0.2, 0.25) is 0 Å². The molecular weight excluding hydrogens is 430 g/mol. The fraction of sp³-hybridized carbons (Fsp3) is 0.174. The van der Waals surface area contributed by atoms with Crippen LogP contribution in [0.2, 0.25) is 0 Å². The van der Waals surface area contributed by atoms with E-state index in [1.807, 2.05) is 30.3 Å². The van der Waals surface area contributed by atoms with Crippen LogP contribution in [0, 0.1) is 10.1 Å². The molecule has 0 saturated heterocycles. The Kier molecular flexibility index (Phi) is 5.83. The minimum atomic E-state index is -0.662. The largest absolute Gasteiger partial charge is 0.463 e. The normalized spacial score (nSPS) is 15.8. The second-order valence-corrected chi connectivity index (χ2v) is 8.07. The van der Waals surface area contributed by atoms with Gasteiger partial charge in [0.05, 0.1) is 33.4 Å². The number of aromatic nitrogens is 1. The minimum Gasteiger partial charge on any atom is -0.463 e. The molecule has 1 aliphatic rings. The number of benzene rings is 2. The molecule has 4 rings (SSSR count). The second kappa shape index (κ2) is 8.72. The van der Waals surface area contributed by atoms with E-state index < -0.39 is 16.9 Å². The molecule has 0 fully saturated rings. The number of nitro groups is 1. The first kappa shape index (κ1) is 21.4. The molecule has 8 nitrogen and oxygen atoms in total. The number of allylic oxidation sites excluding steroid dienone is 1. The quantitative estimate of drug-likeness (QED) is 0.338. The molecule has 0 aliphatic carbocycles. The van der Waals surface area contributed by atoms with Gasteiger partial charge in [0.25, 0.3) is 11.2 Å². The maximum Gasteiger partial charge on any atom is 0.338 e. The minimum absolute atomic E-state index is 0.0256. The van der Waals surface area contributed by atoms with Crippen LogP contribution in [0.25, 0.3) is 6.08 Å². The number of thiazole rings is 1. The lowest BCUT2D eigenvalue weighted by atomic mass is 9.96. The molecule has 1 atom stereocenters. The van der Waals surface area contributed by atoms with E-state index in [4.69, 9.17) is 4.74 Å². The molecule has 1 aromatic heterocycles. The lowest BCUT2D eigenvalue weighted by molar-refractivity contribution is -0.384. The molecule has 2 heterocycles. The van der Waals surface area contributed by atoms with Gasteiger partial charge in [-0.15, -0.1) is 0 Å². The van der Waals surface area contributed by atoms with Gasteiger partial charge < -0.3 is 4.74 Å². The number of hydrogen-bond acceptors (Lipinski definition) is 7. The van der Waals surface area contributed by atoms with Crippen LogP contribution >= 0.6 is 11.3 Å². The van der Waals surface area contributed by atoms with Crippen molar-refractivity contribution in [3.8, 4) is 0 Å². The van der Waals surface area contributed by atoms with Crippen molar-refractivity contribution >= 4 is 29.1 Å². The van der Waals surface area contributed by atoms with Crippen molar-refractivity contribution in [1.82, 2.24) is 4.57 Å². The molecule has 0 radical (unpaired) electrons. The number of fused-ring (bicyclic) bond motifs is 1. The number of ether oxygens (including phenoxy) is 1. The summed E-state index contributed by atoms with van der Waals surface area (Å²) in [6, 6.07) is 14.6. The number of carbonyl (C=O) groups is 1. The van der Waals surface area contributed by atoms with Crippen molar-refractivity contribution in [3.05, 3.63) is 107 Å². The average Bonchev–Trinajstić information content (AvgIpc) is 3.08. The first-order valence-electron chi connectivity index (χ1n) is 9.89. The van der Waals surface area contributed by atoms with Gasteiger partial charge in [0, 0.05) is 12.1 Å². The van der Waals surface area contributed by atoms with Crippen molar-refractivity contribution in [2.45, 2.75) is 19.9 Å². The molecule has 3 aromatic rings. The number of esters is 1. The van der Waals surface area contributed by atoms with Gasteiger partial charge in [-0.25, -0.2) is 9.79 Å². The summed E-state index contributed by atoms with van der Waals surface area (Å²) >= 11 is 1.20. The second-order valence-electron chi connectivity index (χ2n) is 7.06. The first-order valence-corrected chi connectivity index (χ1v) is 10.7. The highest BCUT2D eigenvalue weighted by atomic mass is 32.1. The van der Waals surface area contributed by atoms with Crippen LogP contribution in [0.15, 0.2) is 75.7 Å². The average molecular weight is 449 g/mol. The highest BCUT2D eigenvalue weighted by Gasteiger charge is 2.33. The number of carbonyl (C=O) groups excluding carboxylic acids is 1. The molecule has 2 aromatic carbocycles. The number of nitrogens with zero attached hydrogens (tertiary/aromatic N) is 3. The van der Waals surface area contributed by atoms with E-state index in [9.17, 15) is 19.7 Å². The Morgan fingerprint density at radius 2 is 1.91 bits per heavy atom. The summed E-state index contributed by atoms with van der Waals surface area (Å²) in [5, 5.41) is 10.9. The Bertz CT molecular complexity index is 1400. The maximum absolute atomic E-state index is 13.4. The summed E-state index contributed by atoms with van der Waals surface area (Å²) in [7, 11) is 0. The van der Waals surface area contributed by atoms with Crippen LogP contribution in [0.3, 0.4) is 0 Å². The Hall–Kier alpha value is -3.85. The van der Waals surface area contributed by atoms with Crippen molar-refractivity contribution in [3.63, 3.8) is 0 Å². The highest BCUT2D eigenvalue weighted by molar-refractivity contribution is 7.07. The summed E-state index contributed by atoms with van der Waals surface area (Å²) in [5.41, 5.74) is 1.93. The molecular formula is C23H19N3O5S. The third-order valence-electron chi connectivity index (χ3n) is 5.03. The Morgan fingerprint density at radius 1 is 1.22 bits per heavy atom. The van der Waals surface area contributed by atoms with E-state index in [1.54, 1.807) is 32.1 Å². The number of non-ortho nitro benzene ring substituents is 1. The third-order valence-corrected chi connectivity index (χ3v) is 6.02. The molecule has 0 spiro atoms. The zero-order chi connectivity index (χ0) is 22.8. The molecule has 162 valence electrons. The van der Waals surface area contributed by atoms with E-state index >= 15 is 0 Å². The van der Waals surface area contributed by atoms with Crippen molar-refractivity contribution in [2.24, 2.45) is 4.99 Å². The fourth-order valence-corrected chi connectivity index (χ4v) is 4.63. The standard InChI is InChI=1S/C23H19N3O5S/c1-3-31-22(28)19-14(2)24-23-25(20(19)16-7-5-4-6-8-16)21(27)18(32-23)13-15-9-11-17(12-10-15)26(29)30/h4-13,20H,3H2,1-2H3/b18-13-. The van der Waals surface area contributed by atoms with Gasteiger partial charge in [0.1, 0.15) is 0 Å². The molecule has 0 N–H and O–H groups in total. The van der Waals surface area contributed by atoms with Crippen molar-refractivity contribution in [1.29, 1.82) is 0 Å². The summed E-state index contributed by atoms with van der Waals surface area (Å²) in [6.45, 7) is 3.67. The predicted molar refractivity (Wildman–Crippen MR) is 120 cm³/mol. The van der Waals surface area contributed by atoms with Gasteiger partial charge in [0.15, 0.2) is 4.80 Å². The monoisotopic (exact) mass is 449 g/mol. The van der Waals surface area contributed by atoms with E-state index in [0.717, 1.165) is 5.56 Å². The SMILES string of the molecule is CCOC(=O)C1=C(C)N=c2s/c(=C\c3ccc([N+](=O)[O-])cc3)c(=O)n2C1c1ccccc1. The van der Waals surface area contributed by atoms with Crippen LogP contribution in [0.5, 0.6) is 0 Å². The Balaban J connectivity index is 1.90. The summed E-state index contributed by atoms with van der Waals surface area (Å²) in [5.74, 6) is -0.507. The number of nitro benzene ring substituents is 1. The number of hydrogen-bond donors (Lipinski definition) is 0. The highest BCUT2D eigenvalue weighted by Crippen LogP contribution is 2.30. The molecule has 32 heavy (non-hydrogen) atoms. The molecule has 1 aliphatic heterocycles.